The molecule has 0 aliphatic carbocycles. The maximum Gasteiger partial charge on any atom is 0.341 e. The van der Waals surface area contributed by atoms with Crippen LogP contribution in [0.25, 0.3) is 16.5 Å². The Balaban J connectivity index is 1.85. The van der Waals surface area contributed by atoms with Gasteiger partial charge in [0.25, 0.3) is 5.91 Å². The fraction of sp³-hybridized carbons (Fsp3) is 0.217. The number of hydrogen-bond donors (Lipinski definition) is 1. The van der Waals surface area contributed by atoms with Crippen molar-refractivity contribution in [2.24, 2.45) is 0 Å². The van der Waals surface area contributed by atoms with Crippen LogP contribution in [-0.4, -0.2) is 34.9 Å². The third-order valence-electron chi connectivity index (χ3n) is 5.24. The molecule has 2 heterocycles. The van der Waals surface area contributed by atoms with Gasteiger partial charge in [-0.25, -0.2) is 13.6 Å². The van der Waals surface area contributed by atoms with Crippen LogP contribution in [0.1, 0.15) is 34.1 Å². The number of hydrogen-bond acceptors (Lipinski definition) is 3. The summed E-state index contributed by atoms with van der Waals surface area (Å²) < 4.78 is 33.6. The number of carbonyl (C=O) groups excluding carboxylic acids is 2. The molecule has 0 unspecified atom stereocenters. The number of ether oxygens (including phenoxy) is 1. The highest BCUT2D eigenvalue weighted by atomic mass is 19.1. The number of esters is 1. The molecule has 7 heteroatoms. The van der Waals surface area contributed by atoms with E-state index in [1.165, 1.54) is 17.2 Å². The van der Waals surface area contributed by atoms with E-state index in [4.69, 9.17) is 4.74 Å². The van der Waals surface area contributed by atoms with E-state index in [1.807, 2.05) is 25.1 Å². The van der Waals surface area contributed by atoms with E-state index in [9.17, 15) is 18.4 Å². The molecule has 0 saturated carbocycles. The highest BCUT2D eigenvalue weighted by Crippen LogP contribution is 2.33. The van der Waals surface area contributed by atoms with Crippen molar-refractivity contribution in [1.29, 1.82) is 0 Å². The van der Waals surface area contributed by atoms with Crippen molar-refractivity contribution in [3.8, 4) is 0 Å². The summed E-state index contributed by atoms with van der Waals surface area (Å²) in [5, 5.41) is 0.937. The van der Waals surface area contributed by atoms with Crippen LogP contribution in [0.15, 0.2) is 42.6 Å². The van der Waals surface area contributed by atoms with E-state index in [-0.39, 0.29) is 18.7 Å². The van der Waals surface area contributed by atoms with Crippen LogP contribution < -0.4 is 0 Å². The van der Waals surface area contributed by atoms with E-state index < -0.39 is 29.1 Å². The summed E-state index contributed by atoms with van der Waals surface area (Å²) in [6.45, 7) is 3.95. The number of fused-ring (bicyclic) bond motifs is 3. The highest BCUT2D eigenvalue weighted by molar-refractivity contribution is 6.18. The second kappa shape index (κ2) is 7.74. The van der Waals surface area contributed by atoms with Gasteiger partial charge in [0.1, 0.15) is 17.2 Å². The summed E-state index contributed by atoms with van der Waals surface area (Å²) >= 11 is 0. The van der Waals surface area contributed by atoms with Gasteiger partial charge in [0, 0.05) is 23.6 Å². The molecule has 4 rings (SSSR count). The van der Waals surface area contributed by atoms with E-state index in [2.05, 4.69) is 4.98 Å². The molecule has 1 amide bonds. The minimum atomic E-state index is -0.949. The molecule has 1 aliphatic rings. The zero-order valence-electron chi connectivity index (χ0n) is 16.6. The summed E-state index contributed by atoms with van der Waals surface area (Å²) in [6.07, 6.45) is 1.72. The Labute approximate surface area is 171 Å². The number of rotatable bonds is 3. The summed E-state index contributed by atoms with van der Waals surface area (Å²) in [7, 11) is 0. The largest absolute Gasteiger partial charge is 0.462 e. The summed E-state index contributed by atoms with van der Waals surface area (Å²) in [4.78, 5) is 30.1. The van der Waals surface area contributed by atoms with Crippen molar-refractivity contribution >= 4 is 28.4 Å². The Hall–Kier alpha value is -3.48. The molecule has 0 saturated heterocycles. The molecule has 1 N–H and O–H groups in total. The summed E-state index contributed by atoms with van der Waals surface area (Å²) in [5.74, 6) is -3.36. The maximum atomic E-state index is 14.2. The van der Waals surface area contributed by atoms with Crippen LogP contribution in [0.5, 0.6) is 0 Å². The standard InChI is InChI=1S/C23H20F2N2O3/c1-3-30-23(29)16-12-27(22(28)19-17(24)8-5-9-18(19)25)11-10-15-14-7-4-6-13(2)20(14)26-21(15)16/h4-9,12,26H,3,10-11H2,1-2H3. The van der Waals surface area contributed by atoms with Crippen LogP contribution in [0.2, 0.25) is 0 Å². The fourth-order valence-corrected chi connectivity index (χ4v) is 3.80. The molecule has 0 bridgehead atoms. The van der Waals surface area contributed by atoms with Gasteiger partial charge < -0.3 is 14.6 Å². The Kier molecular flexibility index (Phi) is 5.11. The second-order valence-corrected chi connectivity index (χ2v) is 7.08. The average Bonchev–Trinajstić information content (AvgIpc) is 2.97. The summed E-state index contributed by atoms with van der Waals surface area (Å²) in [6, 6.07) is 9.08. The van der Waals surface area contributed by atoms with Crippen molar-refractivity contribution in [2.75, 3.05) is 13.2 Å². The molecule has 2 aromatic carbocycles. The molecule has 3 aromatic rings. The molecule has 1 aliphatic heterocycles. The molecule has 0 spiro atoms. The van der Waals surface area contributed by atoms with E-state index in [1.54, 1.807) is 6.92 Å². The van der Waals surface area contributed by atoms with Gasteiger partial charge in [-0.1, -0.05) is 24.3 Å². The number of carbonyl (C=O) groups is 2. The summed E-state index contributed by atoms with van der Waals surface area (Å²) in [5.41, 5.74) is 2.83. The van der Waals surface area contributed by atoms with Crippen molar-refractivity contribution in [3.63, 3.8) is 0 Å². The Bertz CT molecular complexity index is 1180. The number of halogens is 2. The Morgan fingerprint density at radius 1 is 1.13 bits per heavy atom. The first-order valence-electron chi connectivity index (χ1n) is 9.66. The number of benzene rings is 2. The SMILES string of the molecule is CCOC(=O)C1=CN(C(=O)c2c(F)cccc2F)CCc2c1[nH]c1c(C)cccc21. The zero-order valence-corrected chi connectivity index (χ0v) is 16.6. The van der Waals surface area contributed by atoms with Gasteiger partial charge in [0.05, 0.1) is 17.9 Å². The van der Waals surface area contributed by atoms with Crippen molar-refractivity contribution in [2.45, 2.75) is 20.3 Å². The third kappa shape index (κ3) is 3.26. The predicted octanol–water partition coefficient (Wildman–Crippen LogP) is 4.36. The van der Waals surface area contributed by atoms with Gasteiger partial charge >= 0.3 is 5.97 Å². The lowest BCUT2D eigenvalue weighted by molar-refractivity contribution is -0.136. The zero-order chi connectivity index (χ0) is 21.4. The molecule has 154 valence electrons. The van der Waals surface area contributed by atoms with E-state index in [0.29, 0.717) is 12.1 Å². The minimum absolute atomic E-state index is 0.144. The lowest BCUT2D eigenvalue weighted by Crippen LogP contribution is -2.29. The molecule has 0 radical (unpaired) electrons. The first-order chi connectivity index (χ1) is 14.4. The van der Waals surface area contributed by atoms with Crippen LogP contribution in [0.3, 0.4) is 0 Å². The predicted molar refractivity (Wildman–Crippen MR) is 109 cm³/mol. The maximum absolute atomic E-state index is 14.2. The third-order valence-corrected chi connectivity index (χ3v) is 5.24. The van der Waals surface area contributed by atoms with Gasteiger partial charge in [-0.15, -0.1) is 0 Å². The number of aromatic nitrogens is 1. The van der Waals surface area contributed by atoms with Gasteiger partial charge in [-0.2, -0.15) is 0 Å². The molecule has 1 aromatic heterocycles. The molecule has 0 atom stereocenters. The number of nitrogens with one attached hydrogen (secondary N) is 1. The molecular formula is C23H20F2N2O3. The Morgan fingerprint density at radius 3 is 2.53 bits per heavy atom. The number of amides is 1. The molecule has 30 heavy (non-hydrogen) atoms. The minimum Gasteiger partial charge on any atom is -0.462 e. The number of nitrogens with zero attached hydrogens (tertiary/aromatic N) is 1. The smallest absolute Gasteiger partial charge is 0.341 e. The lowest BCUT2D eigenvalue weighted by atomic mass is 10.0. The normalized spacial score (nSPS) is 13.6. The molecule has 0 fully saturated rings. The van der Waals surface area contributed by atoms with Crippen molar-refractivity contribution in [3.05, 3.63) is 76.6 Å². The van der Waals surface area contributed by atoms with Crippen molar-refractivity contribution < 1.29 is 23.1 Å². The Morgan fingerprint density at radius 2 is 1.83 bits per heavy atom. The average molecular weight is 410 g/mol. The van der Waals surface area contributed by atoms with Crippen LogP contribution in [0, 0.1) is 18.6 Å². The molecule has 5 nitrogen and oxygen atoms in total. The van der Waals surface area contributed by atoms with Crippen LogP contribution in [-0.2, 0) is 16.0 Å². The van der Waals surface area contributed by atoms with E-state index in [0.717, 1.165) is 34.2 Å². The van der Waals surface area contributed by atoms with Gasteiger partial charge in [0.2, 0.25) is 0 Å². The topological polar surface area (TPSA) is 62.4 Å². The molecular weight excluding hydrogens is 390 g/mol. The monoisotopic (exact) mass is 410 g/mol. The first-order valence-corrected chi connectivity index (χ1v) is 9.66. The highest BCUT2D eigenvalue weighted by Gasteiger charge is 2.29. The fourth-order valence-electron chi connectivity index (χ4n) is 3.80. The number of aryl methyl sites for hydroxylation is 1. The van der Waals surface area contributed by atoms with Crippen LogP contribution >= 0.6 is 0 Å². The van der Waals surface area contributed by atoms with Gasteiger partial charge in [-0.3, -0.25) is 4.79 Å². The number of para-hydroxylation sites is 1. The van der Waals surface area contributed by atoms with Crippen molar-refractivity contribution in [1.82, 2.24) is 9.88 Å². The quantitative estimate of drug-likeness (QED) is 0.653. The first kappa shape index (κ1) is 19.8. The van der Waals surface area contributed by atoms with Crippen LogP contribution in [0.4, 0.5) is 8.78 Å². The second-order valence-electron chi connectivity index (χ2n) is 7.08. The number of aromatic amines is 1. The van der Waals surface area contributed by atoms with E-state index >= 15 is 0 Å². The van der Waals surface area contributed by atoms with Gasteiger partial charge in [-0.05, 0) is 43.5 Å². The number of H-pyrrole nitrogens is 1. The van der Waals surface area contributed by atoms with Gasteiger partial charge in [0.15, 0.2) is 0 Å². The lowest BCUT2D eigenvalue weighted by Gasteiger charge is -2.18.